The van der Waals surface area contributed by atoms with E-state index in [1.807, 2.05) is 27.0 Å². The van der Waals surface area contributed by atoms with Crippen LogP contribution >= 0.6 is 35.4 Å². The van der Waals surface area contributed by atoms with Gasteiger partial charge in [-0.1, -0.05) is 23.2 Å². The average Bonchev–Trinajstić information content (AvgIpc) is 3.09. The van der Waals surface area contributed by atoms with Crippen LogP contribution in [0, 0.1) is 18.6 Å². The molecule has 3 aromatic rings. The minimum Gasteiger partial charge on any atom is -0.355 e. The molecule has 0 aliphatic heterocycles. The summed E-state index contributed by atoms with van der Waals surface area (Å²) in [5.74, 6) is 0.715. The second-order valence-electron chi connectivity index (χ2n) is 6.44. The van der Waals surface area contributed by atoms with E-state index in [0.717, 1.165) is 28.5 Å². The molecule has 0 bridgehead atoms. The molecule has 1 amide bonds. The fraction of sp³-hybridized carbons (Fsp3) is 0.333. The summed E-state index contributed by atoms with van der Waals surface area (Å²) >= 11 is 17.4. The van der Waals surface area contributed by atoms with Gasteiger partial charge in [0.15, 0.2) is 4.77 Å². The highest BCUT2D eigenvalue weighted by atomic mass is 35.5. The monoisotopic (exact) mass is 438 g/mol. The fourth-order valence-electron chi connectivity index (χ4n) is 2.96. The predicted molar refractivity (Wildman–Crippen MR) is 112 cm³/mol. The normalized spacial score (nSPS) is 11.0. The number of carbonyl (C=O) groups excluding carboxylic acids is 1. The number of aryl methyl sites for hydroxylation is 1. The van der Waals surface area contributed by atoms with Gasteiger partial charge in [-0.2, -0.15) is 10.2 Å². The number of amides is 1. The van der Waals surface area contributed by atoms with Crippen LogP contribution < -0.4 is 5.32 Å². The Kier molecular flexibility index (Phi) is 6.22. The van der Waals surface area contributed by atoms with E-state index >= 15 is 0 Å². The van der Waals surface area contributed by atoms with Crippen molar-refractivity contribution in [2.75, 3.05) is 6.54 Å². The van der Waals surface area contributed by atoms with Crippen molar-refractivity contribution in [3.63, 3.8) is 0 Å². The van der Waals surface area contributed by atoms with Crippen LogP contribution in [0.25, 0.3) is 5.69 Å². The number of nitrogens with zero attached hydrogens (tertiary/aromatic N) is 4. The Balaban J connectivity index is 1.68. The standard InChI is InChI=1S/C18H20Cl2N6OS/c1-10-13(9-17(27)21-7-6-16-22-23-18(28)25(16)3)11(2)26(24-10)15-5-4-12(19)8-14(15)20/h4-5,8H,6-7,9H2,1-3H3,(H,21,27)(H,23,28). The van der Waals surface area contributed by atoms with Crippen molar-refractivity contribution in [3.05, 3.63) is 55.8 Å². The Morgan fingerprint density at radius 3 is 2.71 bits per heavy atom. The SMILES string of the molecule is Cc1nn(-c2ccc(Cl)cc2Cl)c(C)c1CC(=O)NCCc1n[nH]c(=S)n1C. The number of hydrogen-bond donors (Lipinski definition) is 2. The van der Waals surface area contributed by atoms with Gasteiger partial charge in [-0.05, 0) is 44.3 Å². The smallest absolute Gasteiger partial charge is 0.224 e. The lowest BCUT2D eigenvalue weighted by molar-refractivity contribution is -0.120. The molecule has 0 aliphatic carbocycles. The first kappa shape index (κ1) is 20.6. The number of aromatic amines is 1. The Bertz CT molecular complexity index is 1080. The Labute approximate surface area is 177 Å². The molecule has 2 N–H and O–H groups in total. The predicted octanol–water partition coefficient (Wildman–Crippen LogP) is 3.49. The molecule has 0 saturated heterocycles. The molecule has 148 valence electrons. The van der Waals surface area contributed by atoms with Crippen LogP contribution in [0.1, 0.15) is 22.8 Å². The first-order chi connectivity index (χ1) is 13.3. The molecule has 10 heteroatoms. The summed E-state index contributed by atoms with van der Waals surface area (Å²) < 4.78 is 4.09. The van der Waals surface area contributed by atoms with E-state index in [4.69, 9.17) is 35.4 Å². The topological polar surface area (TPSA) is 80.5 Å². The molecule has 2 heterocycles. The average molecular weight is 439 g/mol. The van der Waals surface area contributed by atoms with Crippen LogP contribution in [0.3, 0.4) is 0 Å². The maximum Gasteiger partial charge on any atom is 0.224 e. The number of halogens is 2. The molecule has 28 heavy (non-hydrogen) atoms. The van der Waals surface area contributed by atoms with Gasteiger partial charge >= 0.3 is 0 Å². The van der Waals surface area contributed by atoms with E-state index in [1.54, 1.807) is 21.4 Å². The van der Waals surface area contributed by atoms with Crippen LogP contribution in [0.2, 0.25) is 10.0 Å². The Morgan fingerprint density at radius 1 is 1.32 bits per heavy atom. The fourth-order valence-corrected chi connectivity index (χ4v) is 3.60. The maximum atomic E-state index is 12.4. The van der Waals surface area contributed by atoms with Crippen molar-refractivity contribution in [1.82, 2.24) is 29.9 Å². The molecule has 0 spiro atoms. The highest BCUT2D eigenvalue weighted by molar-refractivity contribution is 7.71. The van der Waals surface area contributed by atoms with Gasteiger partial charge in [0.2, 0.25) is 5.91 Å². The first-order valence-corrected chi connectivity index (χ1v) is 9.82. The summed E-state index contributed by atoms with van der Waals surface area (Å²) in [4.78, 5) is 12.4. The van der Waals surface area contributed by atoms with Crippen LogP contribution in [-0.2, 0) is 24.7 Å². The van der Waals surface area contributed by atoms with E-state index < -0.39 is 0 Å². The van der Waals surface area contributed by atoms with Crippen LogP contribution in [-0.4, -0.2) is 37.0 Å². The molecule has 2 aromatic heterocycles. The quantitative estimate of drug-likeness (QED) is 0.577. The molecule has 0 radical (unpaired) electrons. The third kappa shape index (κ3) is 4.29. The lowest BCUT2D eigenvalue weighted by Crippen LogP contribution is -2.28. The maximum absolute atomic E-state index is 12.4. The second kappa shape index (κ2) is 8.46. The lowest BCUT2D eigenvalue weighted by Gasteiger charge is -2.08. The van der Waals surface area contributed by atoms with Gasteiger partial charge in [0, 0.05) is 36.3 Å². The molecular formula is C18H20Cl2N6OS. The van der Waals surface area contributed by atoms with E-state index in [9.17, 15) is 4.79 Å². The van der Waals surface area contributed by atoms with Crippen LogP contribution in [0.15, 0.2) is 18.2 Å². The molecule has 0 fully saturated rings. The number of rotatable bonds is 6. The van der Waals surface area contributed by atoms with Gasteiger partial charge in [0.1, 0.15) is 5.82 Å². The van der Waals surface area contributed by atoms with Crippen molar-refractivity contribution in [2.45, 2.75) is 26.7 Å². The molecule has 7 nitrogen and oxygen atoms in total. The van der Waals surface area contributed by atoms with E-state index in [1.165, 1.54) is 0 Å². The summed E-state index contributed by atoms with van der Waals surface area (Å²) in [5.41, 5.74) is 3.25. The Hall–Kier alpha value is -2.16. The summed E-state index contributed by atoms with van der Waals surface area (Å²) in [7, 11) is 1.84. The summed E-state index contributed by atoms with van der Waals surface area (Å²) in [5, 5.41) is 15.4. The second-order valence-corrected chi connectivity index (χ2v) is 7.67. The summed E-state index contributed by atoms with van der Waals surface area (Å²) in [6.07, 6.45) is 0.828. The van der Waals surface area contributed by atoms with Crippen molar-refractivity contribution < 1.29 is 4.79 Å². The lowest BCUT2D eigenvalue weighted by atomic mass is 10.1. The third-order valence-corrected chi connectivity index (χ3v) is 5.46. The minimum atomic E-state index is -0.0789. The molecule has 0 unspecified atom stereocenters. The molecule has 0 aliphatic rings. The number of hydrogen-bond acceptors (Lipinski definition) is 4. The summed E-state index contributed by atoms with van der Waals surface area (Å²) in [6, 6.07) is 5.24. The molecule has 1 aromatic carbocycles. The van der Waals surface area contributed by atoms with Gasteiger partial charge < -0.3 is 9.88 Å². The van der Waals surface area contributed by atoms with Gasteiger partial charge in [0.25, 0.3) is 0 Å². The number of benzene rings is 1. The van der Waals surface area contributed by atoms with Gasteiger partial charge in [-0.25, -0.2) is 4.68 Å². The number of carbonyl (C=O) groups is 1. The first-order valence-electron chi connectivity index (χ1n) is 8.65. The van der Waals surface area contributed by atoms with Gasteiger partial charge in [0.05, 0.1) is 22.8 Å². The number of aromatic nitrogens is 5. The van der Waals surface area contributed by atoms with Gasteiger partial charge in [-0.3, -0.25) is 9.89 Å². The third-order valence-electron chi connectivity index (χ3n) is 4.56. The zero-order valence-corrected chi connectivity index (χ0v) is 18.0. The number of H-pyrrole nitrogens is 1. The minimum absolute atomic E-state index is 0.0789. The van der Waals surface area contributed by atoms with Crippen molar-refractivity contribution >= 4 is 41.3 Å². The molecular weight excluding hydrogens is 419 g/mol. The molecule has 3 rings (SSSR count). The van der Waals surface area contributed by atoms with E-state index in [0.29, 0.717) is 27.8 Å². The van der Waals surface area contributed by atoms with Gasteiger partial charge in [-0.15, -0.1) is 0 Å². The zero-order valence-electron chi connectivity index (χ0n) is 15.7. The highest BCUT2D eigenvalue weighted by Crippen LogP contribution is 2.27. The highest BCUT2D eigenvalue weighted by Gasteiger charge is 2.17. The largest absolute Gasteiger partial charge is 0.355 e. The molecule has 0 saturated carbocycles. The van der Waals surface area contributed by atoms with E-state index in [-0.39, 0.29) is 12.3 Å². The van der Waals surface area contributed by atoms with Crippen molar-refractivity contribution in [2.24, 2.45) is 7.05 Å². The van der Waals surface area contributed by atoms with Crippen LogP contribution in [0.5, 0.6) is 0 Å². The van der Waals surface area contributed by atoms with Crippen LogP contribution in [0.4, 0.5) is 0 Å². The molecule has 0 atom stereocenters. The van der Waals surface area contributed by atoms with E-state index in [2.05, 4.69) is 20.6 Å². The number of nitrogens with one attached hydrogen (secondary N) is 2. The van der Waals surface area contributed by atoms with Crippen molar-refractivity contribution in [1.29, 1.82) is 0 Å². The van der Waals surface area contributed by atoms with Crippen molar-refractivity contribution in [3.8, 4) is 5.69 Å². The Morgan fingerprint density at radius 2 is 2.07 bits per heavy atom. The zero-order chi connectivity index (χ0) is 20.4. The summed E-state index contributed by atoms with van der Waals surface area (Å²) in [6.45, 7) is 4.27.